The Balaban J connectivity index is 2.45. The highest BCUT2D eigenvalue weighted by Gasteiger charge is 2.13. The zero-order chi connectivity index (χ0) is 14.0. The van der Waals surface area contributed by atoms with E-state index in [2.05, 4.69) is 0 Å². The molecule has 4 nitrogen and oxygen atoms in total. The first-order valence-electron chi connectivity index (χ1n) is 5.34. The van der Waals surface area contributed by atoms with Gasteiger partial charge in [0.1, 0.15) is 5.82 Å². The summed E-state index contributed by atoms with van der Waals surface area (Å²) in [6.45, 7) is 0.0563. The van der Waals surface area contributed by atoms with Crippen molar-refractivity contribution in [3.63, 3.8) is 0 Å². The molecule has 1 aromatic carbocycles. The first-order chi connectivity index (χ1) is 8.99. The fourth-order valence-corrected chi connectivity index (χ4v) is 2.70. The minimum atomic E-state index is -0.991. The Labute approximate surface area is 116 Å². The van der Waals surface area contributed by atoms with Crippen LogP contribution in [0.1, 0.15) is 6.42 Å². The van der Waals surface area contributed by atoms with E-state index < -0.39 is 11.8 Å². The van der Waals surface area contributed by atoms with Gasteiger partial charge in [-0.2, -0.15) is 0 Å². The number of aliphatic carboxylic acids is 1. The molecule has 0 saturated heterocycles. The van der Waals surface area contributed by atoms with Crippen LogP contribution in [-0.2, 0) is 11.3 Å². The van der Waals surface area contributed by atoms with Gasteiger partial charge in [-0.3, -0.25) is 14.2 Å². The van der Waals surface area contributed by atoms with Gasteiger partial charge >= 0.3 is 10.8 Å². The number of benzene rings is 1. The normalized spacial score (nSPS) is 10.6. The van der Waals surface area contributed by atoms with Crippen molar-refractivity contribution in [3.05, 3.63) is 44.1 Å². The second-order valence-electron chi connectivity index (χ2n) is 3.81. The topological polar surface area (TPSA) is 59.3 Å². The maximum absolute atomic E-state index is 13.0. The van der Waals surface area contributed by atoms with Crippen molar-refractivity contribution >= 4 is 28.9 Å². The van der Waals surface area contributed by atoms with E-state index in [4.69, 9.17) is 16.7 Å². The zero-order valence-electron chi connectivity index (χ0n) is 9.60. The van der Waals surface area contributed by atoms with Gasteiger partial charge in [-0.05, 0) is 18.2 Å². The van der Waals surface area contributed by atoms with Crippen LogP contribution >= 0.6 is 22.9 Å². The van der Waals surface area contributed by atoms with E-state index in [1.54, 1.807) is 5.38 Å². The van der Waals surface area contributed by atoms with E-state index >= 15 is 0 Å². The molecule has 1 heterocycles. The molecule has 0 radical (unpaired) electrons. The number of carboxylic acid groups (broad SMARTS) is 1. The number of nitrogens with zero attached hydrogens (tertiary/aromatic N) is 1. The summed E-state index contributed by atoms with van der Waals surface area (Å²) in [5.41, 5.74) is 1.01. The predicted octanol–water partition coefficient (Wildman–Crippen LogP) is 2.84. The fourth-order valence-electron chi connectivity index (χ4n) is 1.66. The molecule has 0 unspecified atom stereocenters. The molecular formula is C12H9ClFNO3S. The van der Waals surface area contributed by atoms with Gasteiger partial charge in [0.25, 0.3) is 0 Å². The third-order valence-corrected chi connectivity index (χ3v) is 3.61. The molecular weight excluding hydrogens is 293 g/mol. The van der Waals surface area contributed by atoms with Gasteiger partial charge in [0.15, 0.2) is 0 Å². The molecule has 0 spiro atoms. The molecule has 0 atom stereocenters. The molecule has 0 aliphatic rings. The van der Waals surface area contributed by atoms with Gasteiger partial charge in [0.05, 0.1) is 17.1 Å². The smallest absolute Gasteiger partial charge is 0.307 e. The Kier molecular flexibility index (Phi) is 4.01. The maximum atomic E-state index is 13.0. The summed E-state index contributed by atoms with van der Waals surface area (Å²) >= 11 is 6.89. The molecule has 100 valence electrons. The number of hydrogen-bond donors (Lipinski definition) is 1. The van der Waals surface area contributed by atoms with Gasteiger partial charge in [0.2, 0.25) is 0 Å². The van der Waals surface area contributed by atoms with Crippen molar-refractivity contribution in [2.75, 3.05) is 0 Å². The summed E-state index contributed by atoms with van der Waals surface area (Å²) in [6, 6.07) is 3.86. The second kappa shape index (κ2) is 5.54. The lowest BCUT2D eigenvalue weighted by molar-refractivity contribution is -0.137. The van der Waals surface area contributed by atoms with Crippen LogP contribution in [0.3, 0.4) is 0 Å². The lowest BCUT2D eigenvalue weighted by Crippen LogP contribution is -2.16. The first kappa shape index (κ1) is 13.8. The molecule has 1 N–H and O–H groups in total. The second-order valence-corrected chi connectivity index (χ2v) is 5.03. The van der Waals surface area contributed by atoms with E-state index in [9.17, 15) is 14.0 Å². The average molecular weight is 302 g/mol. The highest BCUT2D eigenvalue weighted by molar-refractivity contribution is 7.07. The Bertz CT molecular complexity index is 680. The summed E-state index contributed by atoms with van der Waals surface area (Å²) in [7, 11) is 0. The standard InChI is InChI=1S/C12H9ClFNO3S/c13-9-5-7(14)1-2-8(9)10-6-19-12(18)15(10)4-3-11(16)17/h1-2,5-6H,3-4H2,(H,16,17). The number of carboxylic acids is 1. The minimum absolute atomic E-state index is 0.0563. The van der Waals surface area contributed by atoms with Crippen LogP contribution in [0.25, 0.3) is 11.3 Å². The highest BCUT2D eigenvalue weighted by Crippen LogP contribution is 2.28. The Morgan fingerprint density at radius 2 is 2.21 bits per heavy atom. The summed E-state index contributed by atoms with van der Waals surface area (Å²) in [5, 5.41) is 10.4. The SMILES string of the molecule is O=C(O)CCn1c(-c2ccc(F)cc2Cl)csc1=O. The van der Waals surface area contributed by atoms with Gasteiger partial charge < -0.3 is 5.11 Å². The van der Waals surface area contributed by atoms with Crippen LogP contribution in [0.4, 0.5) is 4.39 Å². The van der Waals surface area contributed by atoms with Crippen LogP contribution < -0.4 is 4.87 Å². The van der Waals surface area contributed by atoms with Crippen molar-refractivity contribution in [1.29, 1.82) is 0 Å². The van der Waals surface area contributed by atoms with Gasteiger partial charge in [0, 0.05) is 17.5 Å². The zero-order valence-corrected chi connectivity index (χ0v) is 11.2. The number of aromatic nitrogens is 1. The maximum Gasteiger partial charge on any atom is 0.307 e. The molecule has 0 aliphatic carbocycles. The van der Waals surface area contributed by atoms with Crippen LogP contribution in [-0.4, -0.2) is 15.6 Å². The highest BCUT2D eigenvalue weighted by atomic mass is 35.5. The summed E-state index contributed by atoms with van der Waals surface area (Å²) < 4.78 is 14.3. The third kappa shape index (κ3) is 3.02. The third-order valence-electron chi connectivity index (χ3n) is 2.54. The van der Waals surface area contributed by atoms with Crippen LogP contribution in [0.2, 0.25) is 5.02 Å². The Morgan fingerprint density at radius 1 is 1.47 bits per heavy atom. The lowest BCUT2D eigenvalue weighted by atomic mass is 10.1. The average Bonchev–Trinajstić information content (AvgIpc) is 2.68. The number of thiazole rings is 1. The number of hydrogen-bond acceptors (Lipinski definition) is 3. The number of rotatable bonds is 4. The lowest BCUT2D eigenvalue weighted by Gasteiger charge is -2.08. The van der Waals surface area contributed by atoms with E-state index in [0.29, 0.717) is 11.3 Å². The quantitative estimate of drug-likeness (QED) is 0.944. The fraction of sp³-hybridized carbons (Fsp3) is 0.167. The van der Waals surface area contributed by atoms with Crippen molar-refractivity contribution in [2.45, 2.75) is 13.0 Å². The number of halogens is 2. The molecule has 0 amide bonds. The molecule has 0 fully saturated rings. The number of carbonyl (C=O) groups is 1. The van der Waals surface area contributed by atoms with E-state index in [-0.39, 0.29) is 22.9 Å². The molecule has 19 heavy (non-hydrogen) atoms. The van der Waals surface area contributed by atoms with Crippen LogP contribution in [0.5, 0.6) is 0 Å². The van der Waals surface area contributed by atoms with Gasteiger partial charge in [-0.25, -0.2) is 4.39 Å². The molecule has 1 aromatic heterocycles. The summed E-state index contributed by atoms with van der Waals surface area (Å²) in [5.74, 6) is -1.46. The molecule has 0 saturated carbocycles. The minimum Gasteiger partial charge on any atom is -0.481 e. The monoisotopic (exact) mass is 301 g/mol. The van der Waals surface area contributed by atoms with Crippen LogP contribution in [0, 0.1) is 5.82 Å². The molecule has 0 aliphatic heterocycles. The van der Waals surface area contributed by atoms with Gasteiger partial charge in [-0.1, -0.05) is 22.9 Å². The largest absolute Gasteiger partial charge is 0.481 e. The van der Waals surface area contributed by atoms with E-state index in [0.717, 1.165) is 17.4 Å². The Morgan fingerprint density at radius 3 is 2.84 bits per heavy atom. The van der Waals surface area contributed by atoms with Crippen molar-refractivity contribution in [3.8, 4) is 11.3 Å². The summed E-state index contributed by atoms with van der Waals surface area (Å²) in [6.07, 6.45) is -0.164. The van der Waals surface area contributed by atoms with Crippen molar-refractivity contribution in [1.82, 2.24) is 4.57 Å². The molecule has 0 bridgehead atoms. The predicted molar refractivity (Wildman–Crippen MR) is 71.2 cm³/mol. The summed E-state index contributed by atoms with van der Waals surface area (Å²) in [4.78, 5) is 22.0. The Hall–Kier alpha value is -1.66. The molecule has 7 heteroatoms. The van der Waals surface area contributed by atoms with Gasteiger partial charge in [-0.15, -0.1) is 0 Å². The molecule has 2 aromatic rings. The van der Waals surface area contributed by atoms with E-state index in [1.165, 1.54) is 16.7 Å². The van der Waals surface area contributed by atoms with Crippen LogP contribution in [0.15, 0.2) is 28.4 Å². The van der Waals surface area contributed by atoms with Crippen molar-refractivity contribution in [2.24, 2.45) is 0 Å². The van der Waals surface area contributed by atoms with Crippen molar-refractivity contribution < 1.29 is 14.3 Å². The van der Waals surface area contributed by atoms with E-state index in [1.807, 2.05) is 0 Å². The molecule has 2 rings (SSSR count). The first-order valence-corrected chi connectivity index (χ1v) is 6.60.